The van der Waals surface area contributed by atoms with Gasteiger partial charge in [-0.15, -0.1) is 0 Å². The van der Waals surface area contributed by atoms with Crippen LogP contribution in [0.4, 0.5) is 0 Å². The van der Waals surface area contributed by atoms with E-state index in [1.54, 1.807) is 45.0 Å². The van der Waals surface area contributed by atoms with Crippen LogP contribution < -0.4 is 21.3 Å². The van der Waals surface area contributed by atoms with E-state index in [4.69, 9.17) is 22.1 Å². The molecule has 2 heterocycles. The van der Waals surface area contributed by atoms with Crippen LogP contribution in [-0.2, 0) is 4.79 Å². The van der Waals surface area contributed by atoms with E-state index in [0.29, 0.717) is 27.6 Å². The minimum atomic E-state index is -0.767. The first-order valence-electron chi connectivity index (χ1n) is 13.1. The highest BCUT2D eigenvalue weighted by Gasteiger charge is 2.54. The number of aromatic amines is 1. The standard InChI is InChI=1S/C29H32ClN5O4/c1-16-13-20(7-9-23(16)39-24-14-17(2)33-34-27(24)37)26(36)32-18(3)28(38)35-22(19-5-4-6-21(30)15-19)8-10-25(35)29(31)11-12-29/h4-7,9,13-15,18,22,25H,8,10-12,31H2,1-3H3,(H,32,36)(H,34,37)/t18-,22+,25-/m1/s1. The first-order valence-corrected chi connectivity index (χ1v) is 13.5. The lowest BCUT2D eigenvalue weighted by Crippen LogP contribution is -2.54. The Morgan fingerprint density at radius 3 is 2.62 bits per heavy atom. The third-order valence-electron chi connectivity index (χ3n) is 7.64. The molecule has 1 saturated carbocycles. The Labute approximate surface area is 231 Å². The summed E-state index contributed by atoms with van der Waals surface area (Å²) >= 11 is 6.26. The van der Waals surface area contributed by atoms with Gasteiger partial charge >= 0.3 is 5.56 Å². The lowest BCUT2D eigenvalue weighted by molar-refractivity contribution is -0.136. The molecule has 4 N–H and O–H groups in total. The van der Waals surface area contributed by atoms with Crippen molar-refractivity contribution >= 4 is 23.4 Å². The number of carbonyl (C=O) groups is 2. The zero-order valence-electron chi connectivity index (χ0n) is 22.2. The highest BCUT2D eigenvalue weighted by atomic mass is 35.5. The topological polar surface area (TPSA) is 130 Å². The number of benzene rings is 2. The van der Waals surface area contributed by atoms with E-state index < -0.39 is 11.6 Å². The van der Waals surface area contributed by atoms with Gasteiger partial charge in [0.1, 0.15) is 11.8 Å². The van der Waals surface area contributed by atoms with Gasteiger partial charge in [0.2, 0.25) is 5.91 Å². The highest BCUT2D eigenvalue weighted by molar-refractivity contribution is 6.30. The number of rotatable bonds is 7. The van der Waals surface area contributed by atoms with Gasteiger partial charge < -0.3 is 20.7 Å². The van der Waals surface area contributed by atoms with E-state index in [0.717, 1.165) is 31.2 Å². The number of nitrogens with zero attached hydrogens (tertiary/aromatic N) is 2. The predicted octanol–water partition coefficient (Wildman–Crippen LogP) is 4.17. The summed E-state index contributed by atoms with van der Waals surface area (Å²) in [4.78, 5) is 40.9. The number of likely N-dealkylation sites (tertiary alicyclic amines) is 1. The number of aromatic nitrogens is 2. The fraction of sp³-hybridized carbons (Fsp3) is 0.379. The minimum absolute atomic E-state index is 0.0908. The Bertz CT molecular complexity index is 1480. The van der Waals surface area contributed by atoms with Crippen LogP contribution in [0.1, 0.15) is 65.8 Å². The molecule has 0 radical (unpaired) electrons. The van der Waals surface area contributed by atoms with Crippen molar-refractivity contribution in [3.8, 4) is 11.5 Å². The smallest absolute Gasteiger partial charge is 0.307 e. The Morgan fingerprint density at radius 2 is 1.92 bits per heavy atom. The maximum absolute atomic E-state index is 13.8. The van der Waals surface area contributed by atoms with Crippen LogP contribution in [0, 0.1) is 13.8 Å². The number of nitrogens with one attached hydrogen (secondary N) is 2. The van der Waals surface area contributed by atoms with Crippen LogP contribution in [0.2, 0.25) is 5.02 Å². The molecule has 3 aromatic rings. The van der Waals surface area contributed by atoms with Crippen LogP contribution in [0.15, 0.2) is 53.3 Å². The largest absolute Gasteiger partial charge is 0.451 e. The predicted molar refractivity (Wildman–Crippen MR) is 148 cm³/mol. The molecule has 1 aromatic heterocycles. The molecule has 1 aliphatic carbocycles. The SMILES string of the molecule is Cc1cc(Oc2ccc(C(=O)N[C@H](C)C(=O)N3[C@H](c4cccc(Cl)c4)CC[C@@H]3C3(N)CC3)cc2C)c(=O)[nH]n1. The summed E-state index contributed by atoms with van der Waals surface area (Å²) in [6.45, 7) is 5.22. The van der Waals surface area contributed by atoms with E-state index in [9.17, 15) is 14.4 Å². The number of amides is 2. The average Bonchev–Trinajstić information content (AvgIpc) is 3.48. The molecule has 9 nitrogen and oxygen atoms in total. The normalized spacial score (nSPS) is 20.4. The summed E-state index contributed by atoms with van der Waals surface area (Å²) in [5.74, 6) is 0.00190. The van der Waals surface area contributed by atoms with Crippen molar-refractivity contribution in [2.45, 2.75) is 70.1 Å². The summed E-state index contributed by atoms with van der Waals surface area (Å²) < 4.78 is 5.76. The molecule has 2 fully saturated rings. The number of hydrogen-bond donors (Lipinski definition) is 3. The van der Waals surface area contributed by atoms with Crippen molar-refractivity contribution in [3.63, 3.8) is 0 Å². The molecule has 0 unspecified atom stereocenters. The van der Waals surface area contributed by atoms with E-state index in [-0.39, 0.29) is 35.2 Å². The van der Waals surface area contributed by atoms with Crippen LogP contribution in [0.3, 0.4) is 0 Å². The van der Waals surface area contributed by atoms with Crippen molar-refractivity contribution in [2.24, 2.45) is 5.73 Å². The van der Waals surface area contributed by atoms with Gasteiger partial charge in [0.05, 0.1) is 17.8 Å². The highest BCUT2D eigenvalue weighted by Crippen LogP contribution is 2.48. The first kappa shape index (κ1) is 26.9. The third-order valence-corrected chi connectivity index (χ3v) is 7.87. The Hall–Kier alpha value is -3.69. The maximum Gasteiger partial charge on any atom is 0.307 e. The van der Waals surface area contributed by atoms with Crippen LogP contribution in [0.25, 0.3) is 0 Å². The second-order valence-corrected chi connectivity index (χ2v) is 11.1. The minimum Gasteiger partial charge on any atom is -0.451 e. The number of ether oxygens (including phenoxy) is 1. The molecular formula is C29H32ClN5O4. The molecule has 204 valence electrons. The van der Waals surface area contributed by atoms with Gasteiger partial charge in [-0.05, 0) is 87.9 Å². The summed E-state index contributed by atoms with van der Waals surface area (Å²) in [6, 6.07) is 13.0. The van der Waals surface area contributed by atoms with Gasteiger partial charge in [-0.25, -0.2) is 5.10 Å². The number of aryl methyl sites for hydroxylation is 2. The molecule has 10 heteroatoms. The Balaban J connectivity index is 1.32. The van der Waals surface area contributed by atoms with Crippen LogP contribution >= 0.6 is 11.6 Å². The fourth-order valence-electron chi connectivity index (χ4n) is 5.35. The number of H-pyrrole nitrogens is 1. The van der Waals surface area contributed by atoms with Crippen LogP contribution in [0.5, 0.6) is 11.5 Å². The van der Waals surface area contributed by atoms with Crippen molar-refractivity contribution in [1.29, 1.82) is 0 Å². The molecule has 5 rings (SSSR count). The summed E-state index contributed by atoms with van der Waals surface area (Å²) in [5, 5.41) is 9.70. The number of halogens is 1. The Morgan fingerprint density at radius 1 is 1.15 bits per heavy atom. The van der Waals surface area contributed by atoms with Gasteiger partial charge in [0.25, 0.3) is 5.91 Å². The van der Waals surface area contributed by atoms with Gasteiger partial charge in [-0.2, -0.15) is 5.10 Å². The molecule has 1 aliphatic heterocycles. The van der Waals surface area contributed by atoms with Crippen LogP contribution in [-0.4, -0.2) is 44.5 Å². The monoisotopic (exact) mass is 549 g/mol. The van der Waals surface area contributed by atoms with Crippen molar-refractivity contribution in [2.75, 3.05) is 0 Å². The molecule has 0 bridgehead atoms. The summed E-state index contributed by atoms with van der Waals surface area (Å²) in [7, 11) is 0. The van der Waals surface area contributed by atoms with E-state index in [2.05, 4.69) is 15.5 Å². The quantitative estimate of drug-likeness (QED) is 0.405. The fourth-order valence-corrected chi connectivity index (χ4v) is 5.55. The second-order valence-electron chi connectivity index (χ2n) is 10.6. The van der Waals surface area contributed by atoms with E-state index in [1.165, 1.54) is 0 Å². The van der Waals surface area contributed by atoms with Gasteiger partial charge in [0, 0.05) is 22.2 Å². The van der Waals surface area contributed by atoms with Crippen molar-refractivity contribution in [1.82, 2.24) is 20.4 Å². The number of carbonyl (C=O) groups excluding carboxylic acids is 2. The molecule has 1 saturated heterocycles. The van der Waals surface area contributed by atoms with Crippen molar-refractivity contribution in [3.05, 3.63) is 86.3 Å². The molecule has 3 atom stereocenters. The Kier molecular flexibility index (Phi) is 7.22. The van der Waals surface area contributed by atoms with E-state index >= 15 is 0 Å². The summed E-state index contributed by atoms with van der Waals surface area (Å²) in [5.41, 5.74) is 8.39. The lowest BCUT2D eigenvalue weighted by atomic mass is 10.0. The summed E-state index contributed by atoms with van der Waals surface area (Å²) in [6.07, 6.45) is 3.35. The molecule has 2 aromatic carbocycles. The first-order chi connectivity index (χ1) is 18.6. The van der Waals surface area contributed by atoms with Gasteiger partial charge in [-0.1, -0.05) is 23.7 Å². The lowest BCUT2D eigenvalue weighted by Gasteiger charge is -2.36. The number of nitrogens with two attached hydrogens (primary N) is 1. The number of hydrogen-bond acceptors (Lipinski definition) is 6. The van der Waals surface area contributed by atoms with E-state index in [1.807, 2.05) is 29.2 Å². The van der Waals surface area contributed by atoms with Gasteiger partial charge in [0.15, 0.2) is 5.75 Å². The third kappa shape index (κ3) is 5.55. The zero-order valence-corrected chi connectivity index (χ0v) is 22.9. The maximum atomic E-state index is 13.8. The second kappa shape index (κ2) is 10.5. The van der Waals surface area contributed by atoms with Crippen molar-refractivity contribution < 1.29 is 14.3 Å². The van der Waals surface area contributed by atoms with Gasteiger partial charge in [-0.3, -0.25) is 14.4 Å². The molecule has 0 spiro atoms. The molecule has 39 heavy (non-hydrogen) atoms. The zero-order chi connectivity index (χ0) is 27.9. The molecular weight excluding hydrogens is 518 g/mol. The molecule has 2 aliphatic rings. The average molecular weight is 550 g/mol. The molecule has 2 amide bonds.